The molecule has 0 aliphatic rings. The summed E-state index contributed by atoms with van der Waals surface area (Å²) in [5, 5.41) is 4.44. The minimum absolute atomic E-state index is 0.0408. The van der Waals surface area contributed by atoms with Crippen molar-refractivity contribution in [2.24, 2.45) is 7.05 Å². The van der Waals surface area contributed by atoms with Crippen LogP contribution in [0.25, 0.3) is 5.69 Å². The third kappa shape index (κ3) is 4.26. The van der Waals surface area contributed by atoms with Gasteiger partial charge in [0.15, 0.2) is 14.1 Å². The van der Waals surface area contributed by atoms with Crippen molar-refractivity contribution in [2.45, 2.75) is 24.2 Å². The van der Waals surface area contributed by atoms with Crippen LogP contribution in [0.3, 0.4) is 0 Å². The van der Waals surface area contributed by atoms with Crippen LogP contribution >= 0.6 is 35.3 Å². The van der Waals surface area contributed by atoms with E-state index in [0.717, 1.165) is 10.3 Å². The number of anilines is 1. The lowest BCUT2D eigenvalue weighted by atomic mass is 10.2. The van der Waals surface area contributed by atoms with Crippen LogP contribution < -0.4 is 17.0 Å². The van der Waals surface area contributed by atoms with Gasteiger partial charge in [-0.1, -0.05) is 48.2 Å². The molecule has 0 saturated carbocycles. The van der Waals surface area contributed by atoms with Crippen molar-refractivity contribution >= 4 is 46.9 Å². The molecule has 0 bridgehead atoms. The Balaban J connectivity index is 1.87. The molecule has 0 aliphatic carbocycles. The van der Waals surface area contributed by atoms with Gasteiger partial charge in [0.25, 0.3) is 5.56 Å². The van der Waals surface area contributed by atoms with Crippen molar-refractivity contribution in [3.05, 3.63) is 60.7 Å². The largest absolute Gasteiger partial charge is 0.384 e. The van der Waals surface area contributed by atoms with E-state index in [1.165, 1.54) is 34.7 Å². The molecular weight excluding hydrogens is 430 g/mol. The topological polar surface area (TPSA) is 105 Å². The van der Waals surface area contributed by atoms with Gasteiger partial charge in [-0.15, -0.1) is 5.10 Å². The van der Waals surface area contributed by atoms with Gasteiger partial charge in [0.05, 0.1) is 11.4 Å². The zero-order valence-corrected chi connectivity index (χ0v) is 18.3. The molecule has 8 nitrogen and oxygen atoms in total. The summed E-state index contributed by atoms with van der Waals surface area (Å²) < 4.78 is 4.95. The van der Waals surface area contributed by atoms with Crippen molar-refractivity contribution in [2.75, 3.05) is 11.5 Å². The monoisotopic (exact) mass is 449 g/mol. The highest BCUT2D eigenvalue weighted by molar-refractivity contribution is 8.01. The third-order valence-corrected chi connectivity index (χ3v) is 6.53. The molecule has 1 aromatic carbocycles. The van der Waals surface area contributed by atoms with Gasteiger partial charge in [0, 0.05) is 13.6 Å². The van der Waals surface area contributed by atoms with Crippen LogP contribution in [0.1, 0.15) is 23.7 Å². The van der Waals surface area contributed by atoms with Crippen LogP contribution in [0.4, 0.5) is 5.82 Å². The van der Waals surface area contributed by atoms with E-state index in [0.29, 0.717) is 21.3 Å². The molecule has 2 heterocycles. The summed E-state index contributed by atoms with van der Waals surface area (Å²) in [7, 11) is 1.34. The minimum Gasteiger partial charge on any atom is -0.384 e. The second kappa shape index (κ2) is 8.89. The van der Waals surface area contributed by atoms with Crippen molar-refractivity contribution in [1.29, 1.82) is 0 Å². The number of carbonyl (C=O) groups is 1. The second-order valence-corrected chi connectivity index (χ2v) is 9.00. The number of para-hydroxylation sites is 1. The standard InChI is InChI=1S/C18H19N5O3S3/c1-3-9-22-14(19)13(15(25)21(2)17(22)26)12(24)10-28-16-20-23(18(27)29-16)11-7-5-4-6-8-11/h4-8H,3,9-10,19H2,1-2H3. The lowest BCUT2D eigenvalue weighted by Gasteiger charge is -2.13. The number of rotatable bonds is 7. The highest BCUT2D eigenvalue weighted by Gasteiger charge is 2.22. The maximum Gasteiger partial charge on any atom is 0.332 e. The van der Waals surface area contributed by atoms with Gasteiger partial charge in [-0.3, -0.25) is 18.7 Å². The Labute approximate surface area is 179 Å². The lowest BCUT2D eigenvalue weighted by molar-refractivity contribution is 0.102. The average Bonchev–Trinajstić information content (AvgIpc) is 3.09. The summed E-state index contributed by atoms with van der Waals surface area (Å²) in [6, 6.07) is 9.44. The van der Waals surface area contributed by atoms with Gasteiger partial charge < -0.3 is 5.73 Å². The number of aromatic nitrogens is 4. The Kier molecular flexibility index (Phi) is 6.50. The van der Waals surface area contributed by atoms with E-state index in [-0.39, 0.29) is 17.1 Å². The number of Topliss-reactive ketones (excluding diaryl/α,β-unsaturated/α-hetero) is 1. The van der Waals surface area contributed by atoms with Crippen LogP contribution in [0.15, 0.2) is 44.3 Å². The number of nitrogen functional groups attached to an aromatic ring is 1. The molecule has 2 N–H and O–H groups in total. The fourth-order valence-corrected chi connectivity index (χ4v) is 4.97. The van der Waals surface area contributed by atoms with Gasteiger partial charge >= 0.3 is 5.69 Å². The molecule has 0 fully saturated rings. The number of hydrogen-bond acceptors (Lipinski definition) is 8. The lowest BCUT2D eigenvalue weighted by Crippen LogP contribution is -2.42. The van der Waals surface area contributed by atoms with Gasteiger partial charge in [0.2, 0.25) is 0 Å². The number of nitrogens with two attached hydrogens (primary N) is 1. The predicted molar refractivity (Wildman–Crippen MR) is 118 cm³/mol. The van der Waals surface area contributed by atoms with Gasteiger partial charge in [-0.25, -0.2) is 9.48 Å². The SMILES string of the molecule is CCCn1c(N)c(C(=O)CSc2nn(-c3ccccc3)c(=S)s2)c(=O)n(C)c1=O. The Morgan fingerprint density at radius 2 is 1.97 bits per heavy atom. The Bertz CT molecular complexity index is 1220. The van der Waals surface area contributed by atoms with E-state index >= 15 is 0 Å². The fraction of sp³-hybridized carbons (Fsp3) is 0.278. The molecule has 29 heavy (non-hydrogen) atoms. The van der Waals surface area contributed by atoms with Crippen molar-refractivity contribution in [1.82, 2.24) is 18.9 Å². The van der Waals surface area contributed by atoms with Gasteiger partial charge in [0.1, 0.15) is 11.4 Å². The van der Waals surface area contributed by atoms with Crippen LogP contribution in [-0.4, -0.2) is 30.5 Å². The Morgan fingerprint density at radius 3 is 2.62 bits per heavy atom. The van der Waals surface area contributed by atoms with Crippen molar-refractivity contribution < 1.29 is 4.79 Å². The molecule has 11 heteroatoms. The van der Waals surface area contributed by atoms with E-state index in [1.54, 1.807) is 4.68 Å². The smallest absolute Gasteiger partial charge is 0.332 e. The molecule has 3 rings (SSSR count). The molecule has 0 aliphatic heterocycles. The Hall–Kier alpha value is -2.50. The highest BCUT2D eigenvalue weighted by atomic mass is 32.2. The zero-order chi connectivity index (χ0) is 21.1. The van der Waals surface area contributed by atoms with E-state index in [4.69, 9.17) is 18.0 Å². The third-order valence-electron chi connectivity index (χ3n) is 4.17. The van der Waals surface area contributed by atoms with E-state index in [2.05, 4.69) is 5.10 Å². The summed E-state index contributed by atoms with van der Waals surface area (Å²) >= 11 is 7.81. The summed E-state index contributed by atoms with van der Waals surface area (Å²) in [6.45, 7) is 2.21. The van der Waals surface area contributed by atoms with Crippen LogP contribution in [-0.2, 0) is 13.6 Å². The number of thioether (sulfide) groups is 1. The minimum atomic E-state index is -0.687. The van der Waals surface area contributed by atoms with E-state index in [9.17, 15) is 14.4 Å². The number of nitrogens with zero attached hydrogens (tertiary/aromatic N) is 4. The molecule has 152 valence electrons. The molecule has 0 unspecified atom stereocenters. The highest BCUT2D eigenvalue weighted by Crippen LogP contribution is 2.25. The molecule has 0 atom stereocenters. The normalized spacial score (nSPS) is 11.0. The number of ketones is 1. The first-order chi connectivity index (χ1) is 13.8. The second-order valence-electron chi connectivity index (χ2n) is 6.15. The van der Waals surface area contributed by atoms with Crippen LogP contribution in [0.2, 0.25) is 0 Å². The van der Waals surface area contributed by atoms with Gasteiger partial charge in [-0.05, 0) is 30.8 Å². The zero-order valence-electron chi connectivity index (χ0n) is 15.8. The van der Waals surface area contributed by atoms with E-state index < -0.39 is 17.0 Å². The van der Waals surface area contributed by atoms with Gasteiger partial charge in [-0.2, -0.15) is 0 Å². The maximum absolute atomic E-state index is 12.8. The van der Waals surface area contributed by atoms with Crippen molar-refractivity contribution in [3.63, 3.8) is 0 Å². The molecule has 0 saturated heterocycles. The average molecular weight is 450 g/mol. The maximum atomic E-state index is 12.8. The quantitative estimate of drug-likeness (QED) is 0.336. The predicted octanol–water partition coefficient (Wildman–Crippen LogP) is 2.49. The number of benzene rings is 1. The summed E-state index contributed by atoms with van der Waals surface area (Å²) in [5.41, 5.74) is 5.45. The summed E-state index contributed by atoms with van der Waals surface area (Å²) in [5.74, 6) is -0.584. The number of hydrogen-bond donors (Lipinski definition) is 1. The molecule has 0 radical (unpaired) electrons. The van der Waals surface area contributed by atoms with E-state index in [1.807, 2.05) is 37.3 Å². The first kappa shape index (κ1) is 21.2. The summed E-state index contributed by atoms with van der Waals surface area (Å²) in [6.07, 6.45) is 0.644. The first-order valence-corrected chi connectivity index (χ1v) is 11.0. The molecule has 2 aromatic heterocycles. The molecule has 0 spiro atoms. The Morgan fingerprint density at radius 1 is 1.28 bits per heavy atom. The van der Waals surface area contributed by atoms with Crippen molar-refractivity contribution in [3.8, 4) is 5.69 Å². The molecular formula is C18H19N5O3S3. The summed E-state index contributed by atoms with van der Waals surface area (Å²) in [4.78, 5) is 37.5. The molecule has 0 amide bonds. The molecule has 3 aromatic rings. The first-order valence-electron chi connectivity index (χ1n) is 8.76. The fourth-order valence-electron chi connectivity index (χ4n) is 2.74. The van der Waals surface area contributed by atoms with Crippen LogP contribution in [0, 0.1) is 3.95 Å². The van der Waals surface area contributed by atoms with Crippen LogP contribution in [0.5, 0.6) is 0 Å². The number of carbonyl (C=O) groups excluding carboxylic acids is 1.